The monoisotopic (exact) mass is 253 g/mol. The van der Waals surface area contributed by atoms with Gasteiger partial charge in [-0.25, -0.2) is 4.79 Å². The first kappa shape index (κ1) is 12.4. The lowest BCUT2D eigenvalue weighted by molar-refractivity contribution is 0.0173. The maximum Gasteiger partial charge on any atom is 0.341 e. The molecule has 1 heterocycles. The summed E-state index contributed by atoms with van der Waals surface area (Å²) in [5.74, 6) is 0.384. The summed E-state index contributed by atoms with van der Waals surface area (Å²) in [7, 11) is 0. The van der Waals surface area contributed by atoms with Crippen molar-refractivity contribution in [3.05, 3.63) is 29.0 Å². The quantitative estimate of drug-likeness (QED) is 0.758. The van der Waals surface area contributed by atoms with Gasteiger partial charge in [0.15, 0.2) is 0 Å². The molecule has 1 aliphatic carbocycles. The molecular formula is C13H16ClNO2. The van der Waals surface area contributed by atoms with Gasteiger partial charge in [0, 0.05) is 12.4 Å². The smallest absolute Gasteiger partial charge is 0.341 e. The summed E-state index contributed by atoms with van der Waals surface area (Å²) in [5, 5.41) is 0.397. The molecule has 1 saturated carbocycles. The number of carbonyl (C=O) groups excluding carboxylic acids is 1. The minimum atomic E-state index is -0.359. The van der Waals surface area contributed by atoms with Gasteiger partial charge in [-0.15, -0.1) is 0 Å². The molecule has 1 aromatic heterocycles. The zero-order valence-corrected chi connectivity index (χ0v) is 10.6. The van der Waals surface area contributed by atoms with E-state index in [1.54, 1.807) is 12.3 Å². The minimum Gasteiger partial charge on any atom is -0.459 e. The largest absolute Gasteiger partial charge is 0.459 e. The molecule has 3 nitrogen and oxygen atoms in total. The Morgan fingerprint density at radius 3 is 2.76 bits per heavy atom. The molecule has 0 N–H and O–H groups in total. The van der Waals surface area contributed by atoms with Gasteiger partial charge in [-0.1, -0.05) is 18.5 Å². The van der Waals surface area contributed by atoms with Crippen LogP contribution in [0.3, 0.4) is 0 Å². The zero-order chi connectivity index (χ0) is 12.3. The molecule has 0 amide bonds. The Morgan fingerprint density at radius 2 is 2.12 bits per heavy atom. The highest BCUT2D eigenvalue weighted by Gasteiger charge is 2.23. The maximum atomic E-state index is 11.9. The average molecular weight is 254 g/mol. The van der Waals surface area contributed by atoms with E-state index in [9.17, 15) is 4.79 Å². The number of pyridine rings is 1. The fraction of sp³-hybridized carbons (Fsp3) is 0.538. The van der Waals surface area contributed by atoms with Crippen LogP contribution in [0.5, 0.6) is 0 Å². The van der Waals surface area contributed by atoms with Gasteiger partial charge in [-0.2, -0.15) is 0 Å². The van der Waals surface area contributed by atoms with Crippen molar-refractivity contribution in [3.8, 4) is 0 Å². The van der Waals surface area contributed by atoms with Crippen LogP contribution in [-0.2, 0) is 4.74 Å². The van der Waals surface area contributed by atoms with Crippen molar-refractivity contribution in [1.82, 2.24) is 4.98 Å². The van der Waals surface area contributed by atoms with Gasteiger partial charge in [-0.05, 0) is 37.7 Å². The summed E-state index contributed by atoms with van der Waals surface area (Å²) in [6.45, 7) is 2.23. The van der Waals surface area contributed by atoms with Crippen LogP contribution in [0.25, 0.3) is 0 Å². The Morgan fingerprint density at radius 1 is 1.41 bits per heavy atom. The van der Waals surface area contributed by atoms with Crippen LogP contribution in [0.1, 0.15) is 43.0 Å². The van der Waals surface area contributed by atoms with Crippen molar-refractivity contribution in [3.63, 3.8) is 0 Å². The number of hydrogen-bond donors (Lipinski definition) is 0. The lowest BCUT2D eigenvalue weighted by Gasteiger charge is -2.26. The van der Waals surface area contributed by atoms with Crippen LogP contribution in [0, 0.1) is 5.92 Å². The standard InChI is InChI=1S/C13H16ClNO2/c1-9-2-4-10(5-3-9)17-13(16)11-8-15-7-6-12(11)14/h6-10H,2-5H2,1H3. The van der Waals surface area contributed by atoms with Gasteiger partial charge in [0.2, 0.25) is 0 Å². The summed E-state index contributed by atoms with van der Waals surface area (Å²) in [5.41, 5.74) is 0.354. The number of nitrogens with zero attached hydrogens (tertiary/aromatic N) is 1. The second-order valence-corrected chi connectivity index (χ2v) is 5.05. The average Bonchev–Trinajstić information content (AvgIpc) is 2.32. The molecule has 0 bridgehead atoms. The molecule has 4 heteroatoms. The van der Waals surface area contributed by atoms with Crippen molar-refractivity contribution in [2.45, 2.75) is 38.7 Å². The fourth-order valence-corrected chi connectivity index (χ4v) is 2.27. The van der Waals surface area contributed by atoms with E-state index in [4.69, 9.17) is 16.3 Å². The Bertz CT molecular complexity index is 400. The topological polar surface area (TPSA) is 39.2 Å². The molecule has 0 aliphatic heterocycles. The van der Waals surface area contributed by atoms with Gasteiger partial charge in [-0.3, -0.25) is 4.98 Å². The van der Waals surface area contributed by atoms with Crippen LogP contribution in [-0.4, -0.2) is 17.1 Å². The van der Waals surface area contributed by atoms with E-state index < -0.39 is 0 Å². The first-order valence-corrected chi connectivity index (χ1v) is 6.35. The predicted molar refractivity (Wildman–Crippen MR) is 66.1 cm³/mol. The van der Waals surface area contributed by atoms with E-state index in [2.05, 4.69) is 11.9 Å². The normalized spacial score (nSPS) is 24.4. The highest BCUT2D eigenvalue weighted by molar-refractivity contribution is 6.33. The number of carbonyl (C=O) groups is 1. The Balaban J connectivity index is 1.96. The van der Waals surface area contributed by atoms with E-state index in [1.807, 2.05) is 0 Å². The molecule has 1 fully saturated rings. The van der Waals surface area contributed by atoms with Crippen molar-refractivity contribution in [2.24, 2.45) is 5.92 Å². The highest BCUT2D eigenvalue weighted by Crippen LogP contribution is 2.26. The van der Waals surface area contributed by atoms with E-state index in [1.165, 1.54) is 6.20 Å². The van der Waals surface area contributed by atoms with E-state index in [0.717, 1.165) is 31.6 Å². The SMILES string of the molecule is CC1CCC(OC(=O)c2cnccc2Cl)CC1. The number of esters is 1. The first-order valence-electron chi connectivity index (χ1n) is 5.97. The van der Waals surface area contributed by atoms with Gasteiger partial charge in [0.05, 0.1) is 10.6 Å². The lowest BCUT2D eigenvalue weighted by Crippen LogP contribution is -2.23. The van der Waals surface area contributed by atoms with Crippen LogP contribution in [0.15, 0.2) is 18.5 Å². The fourth-order valence-electron chi connectivity index (χ4n) is 2.09. The molecule has 2 rings (SSSR count). The summed E-state index contributed by atoms with van der Waals surface area (Å²) < 4.78 is 5.44. The Hall–Kier alpha value is -1.09. The molecular weight excluding hydrogens is 238 g/mol. The second kappa shape index (κ2) is 5.50. The maximum absolute atomic E-state index is 11.9. The van der Waals surface area contributed by atoms with Crippen LogP contribution >= 0.6 is 11.6 Å². The third-order valence-electron chi connectivity index (χ3n) is 3.22. The third-order valence-corrected chi connectivity index (χ3v) is 3.55. The molecule has 0 radical (unpaired) electrons. The van der Waals surface area contributed by atoms with Crippen LogP contribution in [0.2, 0.25) is 5.02 Å². The molecule has 0 saturated heterocycles. The molecule has 0 atom stereocenters. The summed E-state index contributed by atoms with van der Waals surface area (Å²) in [6.07, 6.45) is 7.19. The molecule has 1 aliphatic rings. The van der Waals surface area contributed by atoms with Crippen molar-refractivity contribution < 1.29 is 9.53 Å². The molecule has 0 unspecified atom stereocenters. The zero-order valence-electron chi connectivity index (χ0n) is 9.86. The lowest BCUT2D eigenvalue weighted by atomic mass is 9.89. The summed E-state index contributed by atoms with van der Waals surface area (Å²) in [4.78, 5) is 15.8. The predicted octanol–water partition coefficient (Wildman–Crippen LogP) is 3.47. The number of ether oxygens (including phenoxy) is 1. The van der Waals surface area contributed by atoms with E-state index >= 15 is 0 Å². The first-order chi connectivity index (χ1) is 8.16. The van der Waals surface area contributed by atoms with Gasteiger partial charge in [0.1, 0.15) is 6.10 Å². The molecule has 92 valence electrons. The highest BCUT2D eigenvalue weighted by atomic mass is 35.5. The Labute approximate surface area is 106 Å². The number of aromatic nitrogens is 1. The van der Waals surface area contributed by atoms with E-state index in [-0.39, 0.29) is 12.1 Å². The molecule has 0 aromatic carbocycles. The van der Waals surface area contributed by atoms with Crippen molar-refractivity contribution in [1.29, 1.82) is 0 Å². The number of rotatable bonds is 2. The van der Waals surface area contributed by atoms with Gasteiger partial charge in [0.25, 0.3) is 0 Å². The van der Waals surface area contributed by atoms with Crippen LogP contribution in [0.4, 0.5) is 0 Å². The Kier molecular flexibility index (Phi) is 4.00. The number of hydrogen-bond acceptors (Lipinski definition) is 3. The van der Waals surface area contributed by atoms with Crippen LogP contribution < -0.4 is 0 Å². The molecule has 1 aromatic rings. The summed E-state index contributed by atoms with van der Waals surface area (Å²) >= 11 is 5.92. The molecule has 17 heavy (non-hydrogen) atoms. The van der Waals surface area contributed by atoms with E-state index in [0.29, 0.717) is 10.6 Å². The summed E-state index contributed by atoms with van der Waals surface area (Å²) in [6, 6.07) is 1.60. The second-order valence-electron chi connectivity index (χ2n) is 4.64. The third kappa shape index (κ3) is 3.19. The van der Waals surface area contributed by atoms with Gasteiger partial charge >= 0.3 is 5.97 Å². The van der Waals surface area contributed by atoms with Gasteiger partial charge < -0.3 is 4.74 Å². The molecule has 0 spiro atoms. The van der Waals surface area contributed by atoms with Crippen molar-refractivity contribution in [2.75, 3.05) is 0 Å². The van der Waals surface area contributed by atoms with Crippen molar-refractivity contribution >= 4 is 17.6 Å². The minimum absolute atomic E-state index is 0.0370. The number of halogens is 1.